The summed E-state index contributed by atoms with van der Waals surface area (Å²) in [6, 6.07) is 0. The van der Waals surface area contributed by atoms with Gasteiger partial charge >= 0.3 is 0 Å². The minimum Gasteiger partial charge on any atom is -0.378 e. The topological polar surface area (TPSA) is 9.23 Å². The van der Waals surface area contributed by atoms with E-state index in [2.05, 4.69) is 25.7 Å². The van der Waals surface area contributed by atoms with Gasteiger partial charge in [-0.05, 0) is 26.2 Å². The number of allylic oxidation sites excluding steroid dienone is 5. The molecular weight excluding hydrogens is 160 g/mol. The average molecular weight is 178 g/mol. The molecule has 1 rings (SSSR count). The van der Waals surface area contributed by atoms with E-state index in [1.807, 2.05) is 12.2 Å². The predicted octanol–water partition coefficient (Wildman–Crippen LogP) is 3.24. The van der Waals surface area contributed by atoms with E-state index < -0.39 is 0 Å². The van der Waals surface area contributed by atoms with Crippen LogP contribution in [0.4, 0.5) is 0 Å². The maximum absolute atomic E-state index is 5.36. The van der Waals surface area contributed by atoms with Crippen molar-refractivity contribution in [2.24, 2.45) is 0 Å². The molecule has 0 spiro atoms. The van der Waals surface area contributed by atoms with Crippen LogP contribution in [0.3, 0.4) is 0 Å². The van der Waals surface area contributed by atoms with E-state index >= 15 is 0 Å². The summed E-state index contributed by atoms with van der Waals surface area (Å²) in [5.41, 5.74) is 1.37. The van der Waals surface area contributed by atoms with E-state index in [9.17, 15) is 0 Å². The summed E-state index contributed by atoms with van der Waals surface area (Å²) >= 11 is 0. The van der Waals surface area contributed by atoms with Crippen molar-refractivity contribution in [1.29, 1.82) is 0 Å². The van der Waals surface area contributed by atoms with Gasteiger partial charge in [-0.3, -0.25) is 0 Å². The second-order valence-electron chi connectivity index (χ2n) is 3.28. The highest BCUT2D eigenvalue weighted by Crippen LogP contribution is 2.19. The third-order valence-electron chi connectivity index (χ3n) is 2.37. The van der Waals surface area contributed by atoms with Crippen molar-refractivity contribution < 1.29 is 4.74 Å². The van der Waals surface area contributed by atoms with Gasteiger partial charge in [0.25, 0.3) is 0 Å². The third-order valence-corrected chi connectivity index (χ3v) is 2.37. The van der Waals surface area contributed by atoms with Crippen LogP contribution < -0.4 is 0 Å². The first kappa shape index (κ1) is 10.3. The largest absolute Gasteiger partial charge is 0.378 e. The molecule has 1 heteroatoms. The maximum atomic E-state index is 5.36. The molecule has 0 radical (unpaired) electrons. The molecule has 72 valence electrons. The fourth-order valence-corrected chi connectivity index (χ4v) is 1.36. The van der Waals surface area contributed by atoms with Crippen LogP contribution in [0.1, 0.15) is 26.2 Å². The molecule has 1 unspecified atom stereocenters. The van der Waals surface area contributed by atoms with Crippen molar-refractivity contribution in [3.8, 4) is 0 Å². The number of hydrogen-bond acceptors (Lipinski definition) is 1. The highest BCUT2D eigenvalue weighted by molar-refractivity contribution is 5.20. The molecule has 1 aliphatic heterocycles. The van der Waals surface area contributed by atoms with Gasteiger partial charge in [-0.15, -0.1) is 0 Å². The minimum absolute atomic E-state index is 0.520. The minimum atomic E-state index is 0.520. The number of rotatable bonds is 5. The molecule has 0 saturated carbocycles. The normalized spacial score (nSPS) is 23.2. The molecule has 1 nitrogen and oxygen atoms in total. The van der Waals surface area contributed by atoms with Gasteiger partial charge in [-0.2, -0.15) is 0 Å². The van der Waals surface area contributed by atoms with Crippen molar-refractivity contribution >= 4 is 0 Å². The fourth-order valence-electron chi connectivity index (χ4n) is 1.36. The van der Waals surface area contributed by atoms with Gasteiger partial charge < -0.3 is 4.74 Å². The van der Waals surface area contributed by atoms with Crippen LogP contribution >= 0.6 is 0 Å². The summed E-state index contributed by atoms with van der Waals surface area (Å²) in [5.74, 6) is 0. The Morgan fingerprint density at radius 1 is 1.62 bits per heavy atom. The summed E-state index contributed by atoms with van der Waals surface area (Å²) in [7, 11) is 0. The van der Waals surface area contributed by atoms with E-state index in [1.54, 1.807) is 0 Å². The maximum Gasteiger partial charge on any atom is 0.0600 e. The molecule has 0 aromatic heterocycles. The monoisotopic (exact) mass is 178 g/mol. The first-order chi connectivity index (χ1) is 6.36. The van der Waals surface area contributed by atoms with E-state index in [-0.39, 0.29) is 0 Å². The summed E-state index contributed by atoms with van der Waals surface area (Å²) in [6.45, 7) is 6.68. The molecule has 1 heterocycles. The summed E-state index contributed by atoms with van der Waals surface area (Å²) < 4.78 is 5.36. The zero-order chi connectivity index (χ0) is 9.52. The van der Waals surface area contributed by atoms with Crippen molar-refractivity contribution in [3.63, 3.8) is 0 Å². The van der Waals surface area contributed by atoms with Crippen LogP contribution in [0.5, 0.6) is 0 Å². The second kappa shape index (κ2) is 5.76. The van der Waals surface area contributed by atoms with Crippen molar-refractivity contribution in [3.05, 3.63) is 36.5 Å². The quantitative estimate of drug-likeness (QED) is 0.587. The summed E-state index contributed by atoms with van der Waals surface area (Å²) in [6.07, 6.45) is 12.1. The Bertz CT molecular complexity index is 209. The Balaban J connectivity index is 2.23. The lowest BCUT2D eigenvalue weighted by atomic mass is 10.0. The number of ether oxygens (including phenoxy) is 1. The van der Waals surface area contributed by atoms with Crippen molar-refractivity contribution in [1.82, 2.24) is 0 Å². The SMILES string of the molecule is C=C/C=C\C(=C\C)CCC1CCO1. The molecular formula is C12H18O. The zero-order valence-electron chi connectivity index (χ0n) is 8.33. The lowest BCUT2D eigenvalue weighted by Gasteiger charge is -2.26. The van der Waals surface area contributed by atoms with Crippen LogP contribution in [0, 0.1) is 0 Å². The van der Waals surface area contributed by atoms with Gasteiger partial charge in [0.05, 0.1) is 6.10 Å². The predicted molar refractivity (Wildman–Crippen MR) is 56.7 cm³/mol. The molecule has 1 fully saturated rings. The van der Waals surface area contributed by atoms with E-state index in [4.69, 9.17) is 4.74 Å². The van der Waals surface area contributed by atoms with E-state index in [0.29, 0.717) is 6.10 Å². The third kappa shape index (κ3) is 3.60. The van der Waals surface area contributed by atoms with Gasteiger partial charge in [0.15, 0.2) is 0 Å². The lowest BCUT2D eigenvalue weighted by Crippen LogP contribution is -2.26. The van der Waals surface area contributed by atoms with Gasteiger partial charge in [-0.25, -0.2) is 0 Å². The zero-order valence-corrected chi connectivity index (χ0v) is 8.33. The van der Waals surface area contributed by atoms with Gasteiger partial charge in [-0.1, -0.05) is 36.5 Å². The van der Waals surface area contributed by atoms with E-state index in [0.717, 1.165) is 19.4 Å². The summed E-state index contributed by atoms with van der Waals surface area (Å²) in [4.78, 5) is 0. The standard InChI is InChI=1S/C12H18O/c1-3-5-6-11(4-2)7-8-12-9-10-13-12/h3-6,12H,1,7-10H2,2H3/b6-5-,11-4-. The van der Waals surface area contributed by atoms with Crippen LogP contribution in [0.15, 0.2) is 36.5 Å². The average Bonchev–Trinajstić information content (AvgIpc) is 2.08. The van der Waals surface area contributed by atoms with Gasteiger partial charge in [0.2, 0.25) is 0 Å². The highest BCUT2D eigenvalue weighted by atomic mass is 16.5. The first-order valence-electron chi connectivity index (χ1n) is 4.92. The van der Waals surface area contributed by atoms with E-state index in [1.165, 1.54) is 12.0 Å². The Kier molecular flexibility index (Phi) is 4.55. The highest BCUT2D eigenvalue weighted by Gasteiger charge is 2.17. The number of hydrogen-bond donors (Lipinski definition) is 0. The first-order valence-corrected chi connectivity index (χ1v) is 4.92. The molecule has 0 aromatic rings. The molecule has 0 aromatic carbocycles. The molecule has 0 bridgehead atoms. The van der Waals surface area contributed by atoms with Crippen LogP contribution in [-0.2, 0) is 4.74 Å². The Labute approximate surface area is 80.8 Å². The molecule has 13 heavy (non-hydrogen) atoms. The van der Waals surface area contributed by atoms with Crippen LogP contribution in [0.25, 0.3) is 0 Å². The van der Waals surface area contributed by atoms with Crippen LogP contribution in [-0.4, -0.2) is 12.7 Å². The van der Waals surface area contributed by atoms with Crippen LogP contribution in [0.2, 0.25) is 0 Å². The molecule has 0 N–H and O–H groups in total. The molecule has 0 amide bonds. The Morgan fingerprint density at radius 3 is 2.85 bits per heavy atom. The smallest absolute Gasteiger partial charge is 0.0600 e. The lowest BCUT2D eigenvalue weighted by molar-refractivity contribution is -0.0540. The summed E-state index contributed by atoms with van der Waals surface area (Å²) in [5, 5.41) is 0. The second-order valence-corrected chi connectivity index (χ2v) is 3.28. The Morgan fingerprint density at radius 2 is 2.38 bits per heavy atom. The van der Waals surface area contributed by atoms with Gasteiger partial charge in [0.1, 0.15) is 0 Å². The molecule has 1 saturated heterocycles. The van der Waals surface area contributed by atoms with Crippen molar-refractivity contribution in [2.45, 2.75) is 32.3 Å². The molecule has 0 aliphatic carbocycles. The van der Waals surface area contributed by atoms with Crippen molar-refractivity contribution in [2.75, 3.05) is 6.61 Å². The molecule has 1 atom stereocenters. The fraction of sp³-hybridized carbons (Fsp3) is 0.500. The Hall–Kier alpha value is -0.820. The van der Waals surface area contributed by atoms with Gasteiger partial charge in [0, 0.05) is 6.61 Å². The molecule has 1 aliphatic rings.